The molecule has 3 aromatic rings. The van der Waals surface area contributed by atoms with Gasteiger partial charge in [-0.3, -0.25) is 28.9 Å². The number of nitrogens with one attached hydrogen (secondary N) is 2. The van der Waals surface area contributed by atoms with Crippen molar-refractivity contribution < 1.29 is 39.6 Å². The number of benzene rings is 2. The second-order valence-corrected chi connectivity index (χ2v) is 11.8. The largest absolute Gasteiger partial charge is 0.508 e. The molecule has 8 N–H and O–H groups in total. The number of rotatable bonds is 5. The summed E-state index contributed by atoms with van der Waals surface area (Å²) in [5.41, 5.74) is 2.81. The number of H-pyrrole nitrogens is 1. The molecule has 0 aliphatic heterocycles. The molecule has 1 saturated carbocycles. The Labute approximate surface area is 260 Å². The van der Waals surface area contributed by atoms with Crippen molar-refractivity contribution in [3.05, 3.63) is 92.9 Å². The molecule has 0 bridgehead atoms. The Morgan fingerprint density at radius 3 is 2.50 bits per heavy atom. The van der Waals surface area contributed by atoms with Crippen LogP contribution in [-0.4, -0.2) is 84.4 Å². The number of fused-ring (bicyclic) bond motifs is 3. The predicted molar refractivity (Wildman–Crippen MR) is 162 cm³/mol. The number of primary amides is 1. The topological polar surface area (TPSA) is 236 Å². The Kier molecular flexibility index (Phi) is 7.13. The standard InChI is InChI=1S/C32H29N5O9/c1-37(2)25-18-10-14-9-17-16(13-4-3-5-15(8-13)36-31(45)19-11-21(39)35-12-34-19)6-7-20(38)23(17)26(40)22(14)28(42)32(18,46)29(43)24(27(25)41)30(33)44/h3-8,11-12,14,18,25,38,40,43,46H,9-10H2,1-2H3,(H2,33,44)(H,36,45)(H,34,35,39)/t14-,18-,25-,32-/m0/s1. The highest BCUT2D eigenvalue weighted by molar-refractivity contribution is 6.24. The quantitative estimate of drug-likeness (QED) is 0.197. The SMILES string of the molecule is CN(C)[C@@H]1C(=O)C(C(N)=O)=C(O)[C@@]2(O)C(=O)C3=C(O)c4c(O)ccc(-c5cccc(NC(=O)c6cc(=O)[nH]cn6)c5)c4C[C@H]3C[C@@H]12. The highest BCUT2D eigenvalue weighted by Crippen LogP contribution is 2.53. The number of aromatic nitrogens is 2. The molecule has 46 heavy (non-hydrogen) atoms. The molecule has 3 aliphatic rings. The fraction of sp³-hybridized carbons (Fsp3) is 0.250. The van der Waals surface area contributed by atoms with Gasteiger partial charge in [0.25, 0.3) is 17.4 Å². The predicted octanol–water partition coefficient (Wildman–Crippen LogP) is 0.967. The van der Waals surface area contributed by atoms with Gasteiger partial charge in [0.15, 0.2) is 11.4 Å². The van der Waals surface area contributed by atoms with E-state index in [-0.39, 0.29) is 35.4 Å². The van der Waals surface area contributed by atoms with Crippen molar-refractivity contribution in [2.75, 3.05) is 19.4 Å². The fourth-order valence-corrected chi connectivity index (χ4v) is 6.97. The molecule has 1 aromatic heterocycles. The summed E-state index contributed by atoms with van der Waals surface area (Å²) in [6, 6.07) is 9.48. The van der Waals surface area contributed by atoms with Crippen LogP contribution in [0.3, 0.4) is 0 Å². The number of carbonyl (C=O) groups is 4. The van der Waals surface area contributed by atoms with Gasteiger partial charge in [0.2, 0.25) is 5.78 Å². The number of carbonyl (C=O) groups excluding carboxylic acids is 4. The lowest BCUT2D eigenvalue weighted by Gasteiger charge is -2.50. The van der Waals surface area contributed by atoms with Crippen molar-refractivity contribution in [2.45, 2.75) is 24.5 Å². The first kappa shape index (κ1) is 30.4. The third-order valence-electron chi connectivity index (χ3n) is 8.95. The van der Waals surface area contributed by atoms with E-state index < -0.39 is 69.5 Å². The third-order valence-corrected chi connectivity index (χ3v) is 8.95. The number of ketones is 2. The average Bonchev–Trinajstić information content (AvgIpc) is 2.99. The first-order valence-corrected chi connectivity index (χ1v) is 14.2. The Hall–Kier alpha value is -5.60. The van der Waals surface area contributed by atoms with Crippen LogP contribution in [0, 0.1) is 11.8 Å². The van der Waals surface area contributed by atoms with E-state index in [0.717, 1.165) is 12.4 Å². The molecule has 2 amide bonds. The van der Waals surface area contributed by atoms with E-state index in [2.05, 4.69) is 15.3 Å². The van der Waals surface area contributed by atoms with Crippen LogP contribution in [0.1, 0.15) is 28.0 Å². The van der Waals surface area contributed by atoms with E-state index in [1.54, 1.807) is 30.3 Å². The van der Waals surface area contributed by atoms with Crippen LogP contribution in [-0.2, 0) is 20.8 Å². The highest BCUT2D eigenvalue weighted by Gasteiger charge is 2.64. The van der Waals surface area contributed by atoms with Gasteiger partial charge in [0.1, 0.15) is 28.5 Å². The van der Waals surface area contributed by atoms with Gasteiger partial charge in [-0.25, -0.2) is 4.98 Å². The zero-order valence-corrected chi connectivity index (χ0v) is 24.6. The first-order valence-electron chi connectivity index (χ1n) is 14.2. The molecular weight excluding hydrogens is 598 g/mol. The molecule has 6 rings (SSSR count). The minimum atomic E-state index is -2.73. The number of amides is 2. The normalized spacial score (nSPS) is 24.0. The van der Waals surface area contributed by atoms with Crippen molar-refractivity contribution in [3.63, 3.8) is 0 Å². The Balaban J connectivity index is 1.45. The lowest BCUT2D eigenvalue weighted by atomic mass is 9.57. The summed E-state index contributed by atoms with van der Waals surface area (Å²) in [6.07, 6.45) is 1.14. The van der Waals surface area contributed by atoms with Crippen LogP contribution < -0.4 is 16.6 Å². The Morgan fingerprint density at radius 2 is 1.83 bits per heavy atom. The Bertz CT molecular complexity index is 2000. The van der Waals surface area contributed by atoms with Gasteiger partial charge in [-0.1, -0.05) is 18.2 Å². The number of aromatic amines is 1. The number of hydrogen-bond donors (Lipinski definition) is 7. The summed E-state index contributed by atoms with van der Waals surface area (Å²) < 4.78 is 0. The minimum Gasteiger partial charge on any atom is -0.508 e. The lowest BCUT2D eigenvalue weighted by Crippen LogP contribution is -2.65. The minimum absolute atomic E-state index is 0.0554. The number of phenols is 1. The zero-order chi connectivity index (χ0) is 33.2. The molecule has 0 spiro atoms. The van der Waals surface area contributed by atoms with Crippen LogP contribution >= 0.6 is 0 Å². The summed E-state index contributed by atoms with van der Waals surface area (Å²) in [6.45, 7) is 0. The number of phenolic OH excluding ortho intramolecular Hbond substituents is 1. The molecule has 1 fully saturated rings. The zero-order valence-electron chi connectivity index (χ0n) is 24.6. The van der Waals surface area contributed by atoms with Crippen molar-refractivity contribution in [1.82, 2.24) is 14.9 Å². The molecule has 0 saturated heterocycles. The van der Waals surface area contributed by atoms with Crippen LogP contribution in [0.2, 0.25) is 0 Å². The van der Waals surface area contributed by atoms with Gasteiger partial charge in [0.05, 0.1) is 17.9 Å². The number of nitrogens with zero attached hydrogens (tertiary/aromatic N) is 2. The van der Waals surface area contributed by atoms with Gasteiger partial charge < -0.3 is 36.5 Å². The van der Waals surface area contributed by atoms with Crippen LogP contribution in [0.15, 0.2) is 70.5 Å². The molecule has 236 valence electrons. The van der Waals surface area contributed by atoms with E-state index >= 15 is 0 Å². The maximum absolute atomic E-state index is 14.0. The maximum Gasteiger partial charge on any atom is 0.274 e. The molecule has 14 nitrogen and oxygen atoms in total. The van der Waals surface area contributed by atoms with Crippen molar-refractivity contribution in [2.24, 2.45) is 17.6 Å². The summed E-state index contributed by atoms with van der Waals surface area (Å²) in [4.78, 5) is 71.5. The van der Waals surface area contributed by atoms with Crippen LogP contribution in [0.4, 0.5) is 5.69 Å². The molecule has 4 atom stereocenters. The van der Waals surface area contributed by atoms with Crippen molar-refractivity contribution in [3.8, 4) is 16.9 Å². The van der Waals surface area contributed by atoms with E-state index in [9.17, 15) is 44.4 Å². The lowest BCUT2D eigenvalue weighted by molar-refractivity contribution is -0.153. The number of Topliss-reactive ketones (excluding diaryl/α,β-unsaturated/α-hetero) is 2. The van der Waals surface area contributed by atoms with Gasteiger partial charge in [0, 0.05) is 23.2 Å². The number of hydrogen-bond acceptors (Lipinski definition) is 11. The van der Waals surface area contributed by atoms with Crippen LogP contribution in [0.5, 0.6) is 5.75 Å². The summed E-state index contributed by atoms with van der Waals surface area (Å²) in [5, 5.41) is 47.9. The van der Waals surface area contributed by atoms with Gasteiger partial charge >= 0.3 is 0 Å². The van der Waals surface area contributed by atoms with E-state index in [4.69, 9.17) is 5.73 Å². The molecule has 2 aromatic carbocycles. The van der Waals surface area contributed by atoms with Crippen molar-refractivity contribution in [1.29, 1.82) is 0 Å². The summed E-state index contributed by atoms with van der Waals surface area (Å²) in [5.74, 6) is -7.94. The van der Waals surface area contributed by atoms with Crippen LogP contribution in [0.25, 0.3) is 16.9 Å². The monoisotopic (exact) mass is 627 g/mol. The summed E-state index contributed by atoms with van der Waals surface area (Å²) >= 11 is 0. The Morgan fingerprint density at radius 1 is 1.09 bits per heavy atom. The second-order valence-electron chi connectivity index (χ2n) is 11.8. The second kappa shape index (κ2) is 10.8. The highest BCUT2D eigenvalue weighted by atomic mass is 16.3. The molecule has 0 radical (unpaired) electrons. The van der Waals surface area contributed by atoms with Gasteiger partial charge in [-0.2, -0.15) is 0 Å². The third kappa shape index (κ3) is 4.49. The number of anilines is 1. The first-order chi connectivity index (χ1) is 21.7. The van der Waals surface area contributed by atoms with Gasteiger partial charge in [-0.15, -0.1) is 0 Å². The van der Waals surface area contributed by atoms with Gasteiger partial charge in [-0.05, 0) is 67.7 Å². The average molecular weight is 628 g/mol. The molecule has 14 heteroatoms. The number of likely N-dealkylation sites (N-methyl/N-ethyl adjacent to an activating group) is 1. The maximum atomic E-state index is 14.0. The van der Waals surface area contributed by atoms with E-state index in [0.29, 0.717) is 22.4 Å². The number of nitrogens with two attached hydrogens (primary N) is 1. The van der Waals surface area contributed by atoms with E-state index in [1.165, 1.54) is 25.1 Å². The smallest absolute Gasteiger partial charge is 0.274 e. The number of aliphatic hydroxyl groups excluding tert-OH is 2. The molecule has 0 unspecified atom stereocenters. The van der Waals surface area contributed by atoms with E-state index in [1.807, 2.05) is 0 Å². The van der Waals surface area contributed by atoms with Crippen molar-refractivity contribution >= 4 is 34.8 Å². The number of aliphatic hydroxyl groups is 3. The molecule has 1 heterocycles. The molecular formula is C32H29N5O9. The molecule has 3 aliphatic carbocycles. The summed E-state index contributed by atoms with van der Waals surface area (Å²) in [7, 11) is 3.06. The number of aromatic hydroxyl groups is 1. The fourth-order valence-electron chi connectivity index (χ4n) is 6.97.